The van der Waals surface area contributed by atoms with Gasteiger partial charge < -0.3 is 10.2 Å². The highest BCUT2D eigenvalue weighted by atomic mass is 35.5. The van der Waals surface area contributed by atoms with Gasteiger partial charge in [0.2, 0.25) is 5.95 Å². The second-order valence-corrected chi connectivity index (χ2v) is 6.67. The summed E-state index contributed by atoms with van der Waals surface area (Å²) in [6.07, 6.45) is 3.55. The van der Waals surface area contributed by atoms with E-state index in [0.717, 1.165) is 18.4 Å². The van der Waals surface area contributed by atoms with Gasteiger partial charge >= 0.3 is 6.03 Å². The molecule has 1 saturated heterocycles. The van der Waals surface area contributed by atoms with Crippen molar-refractivity contribution < 1.29 is 9.18 Å². The number of urea groups is 1. The minimum Gasteiger partial charge on any atom is -0.314 e. The van der Waals surface area contributed by atoms with E-state index in [0.29, 0.717) is 28.3 Å². The molecule has 25 heavy (non-hydrogen) atoms. The number of nitriles is 1. The maximum atomic E-state index is 14.0. The van der Waals surface area contributed by atoms with Gasteiger partial charge in [-0.05, 0) is 49.1 Å². The summed E-state index contributed by atoms with van der Waals surface area (Å²) in [7, 11) is 0. The molecule has 7 heteroatoms. The molecule has 0 unspecified atom stereocenters. The Kier molecular flexibility index (Phi) is 3.81. The summed E-state index contributed by atoms with van der Waals surface area (Å²) in [4.78, 5) is 18.3. The Hall–Kier alpha value is -2.65. The third kappa shape index (κ3) is 2.61. The van der Waals surface area contributed by atoms with Crippen LogP contribution in [0.1, 0.15) is 35.6 Å². The molecule has 2 bridgehead atoms. The van der Waals surface area contributed by atoms with Crippen LogP contribution >= 0.6 is 11.6 Å². The van der Waals surface area contributed by atoms with Crippen molar-refractivity contribution in [3.63, 3.8) is 0 Å². The van der Waals surface area contributed by atoms with Gasteiger partial charge in [-0.2, -0.15) is 9.65 Å². The number of hydrogen-bond donors (Lipinski definition) is 1. The average Bonchev–Trinajstić information content (AvgIpc) is 2.93. The van der Waals surface area contributed by atoms with Gasteiger partial charge in [-0.25, -0.2) is 9.78 Å². The predicted octanol–water partition coefficient (Wildman–Crippen LogP) is 4.04. The van der Waals surface area contributed by atoms with Crippen molar-refractivity contribution in [1.82, 2.24) is 9.88 Å². The molecule has 2 aliphatic heterocycles. The molecule has 2 aromatic rings. The number of aromatic nitrogens is 1. The number of nitrogens with one attached hydrogen (secondary N) is 1. The number of hydrogen-bond acceptors (Lipinski definition) is 3. The van der Waals surface area contributed by atoms with Crippen LogP contribution in [0.2, 0.25) is 5.02 Å². The highest BCUT2D eigenvalue weighted by Gasteiger charge is 2.43. The average molecular weight is 357 g/mol. The first-order valence-corrected chi connectivity index (χ1v) is 8.38. The third-order valence-electron chi connectivity index (χ3n) is 4.91. The van der Waals surface area contributed by atoms with E-state index in [1.54, 1.807) is 29.2 Å². The maximum absolute atomic E-state index is 14.0. The van der Waals surface area contributed by atoms with Gasteiger partial charge in [0, 0.05) is 23.5 Å². The van der Waals surface area contributed by atoms with Crippen LogP contribution in [0.25, 0.3) is 0 Å². The van der Waals surface area contributed by atoms with Crippen LogP contribution in [0.5, 0.6) is 0 Å². The Morgan fingerprint density at radius 2 is 2.24 bits per heavy atom. The van der Waals surface area contributed by atoms with Crippen LogP contribution < -0.4 is 5.32 Å². The number of nitrogens with zero attached hydrogens (tertiary/aromatic N) is 3. The van der Waals surface area contributed by atoms with Crippen LogP contribution in [0.4, 0.5) is 14.9 Å². The normalized spacial score (nSPS) is 20.8. The second kappa shape index (κ2) is 6.01. The smallest absolute Gasteiger partial charge is 0.314 e. The molecule has 0 aliphatic carbocycles. The van der Waals surface area contributed by atoms with E-state index in [1.165, 1.54) is 6.20 Å². The highest BCUT2D eigenvalue weighted by molar-refractivity contribution is 6.31. The number of carbonyl (C=O) groups excluding carboxylic acids is 1. The Labute approximate surface area is 149 Å². The Morgan fingerprint density at radius 3 is 3.04 bits per heavy atom. The first kappa shape index (κ1) is 15.9. The van der Waals surface area contributed by atoms with Crippen LogP contribution in [0.15, 0.2) is 30.5 Å². The van der Waals surface area contributed by atoms with E-state index in [-0.39, 0.29) is 18.1 Å². The Balaban J connectivity index is 1.61. The quantitative estimate of drug-likeness (QED) is 0.784. The van der Waals surface area contributed by atoms with Crippen LogP contribution in [0, 0.1) is 17.3 Å². The van der Waals surface area contributed by atoms with Crippen molar-refractivity contribution in [2.75, 3.05) is 5.32 Å². The lowest BCUT2D eigenvalue weighted by atomic mass is 9.95. The zero-order valence-corrected chi connectivity index (χ0v) is 13.9. The number of halogens is 2. The summed E-state index contributed by atoms with van der Waals surface area (Å²) in [6, 6.07) is 8.13. The molecule has 1 N–H and O–H groups in total. The zero-order chi connectivity index (χ0) is 17.6. The Morgan fingerprint density at radius 1 is 1.40 bits per heavy atom. The first-order chi connectivity index (χ1) is 12.1. The fraction of sp³-hybridized carbons (Fsp3) is 0.278. The fourth-order valence-electron chi connectivity index (χ4n) is 3.80. The minimum absolute atomic E-state index is 0.0427. The topological polar surface area (TPSA) is 69.0 Å². The number of pyridine rings is 1. The first-order valence-electron chi connectivity index (χ1n) is 8.00. The largest absolute Gasteiger partial charge is 0.322 e. The molecule has 1 aromatic heterocycles. The summed E-state index contributed by atoms with van der Waals surface area (Å²) in [5.74, 6) is -0.439. The molecular weight excluding hydrogens is 343 g/mol. The molecule has 126 valence electrons. The molecule has 2 aliphatic rings. The molecule has 5 nitrogen and oxygen atoms in total. The van der Waals surface area contributed by atoms with Gasteiger partial charge in [-0.1, -0.05) is 11.6 Å². The number of anilines is 1. The molecule has 1 aromatic carbocycles. The lowest BCUT2D eigenvalue weighted by Crippen LogP contribution is -2.44. The van der Waals surface area contributed by atoms with E-state index >= 15 is 0 Å². The van der Waals surface area contributed by atoms with Gasteiger partial charge in [-0.3, -0.25) is 0 Å². The monoisotopic (exact) mass is 356 g/mol. The summed E-state index contributed by atoms with van der Waals surface area (Å²) in [5.41, 5.74) is 2.28. The summed E-state index contributed by atoms with van der Waals surface area (Å²) in [6.45, 7) is 0. The van der Waals surface area contributed by atoms with Crippen molar-refractivity contribution in [2.24, 2.45) is 0 Å². The lowest BCUT2D eigenvalue weighted by molar-refractivity contribution is 0.178. The van der Waals surface area contributed by atoms with E-state index < -0.39 is 5.95 Å². The van der Waals surface area contributed by atoms with Crippen molar-refractivity contribution in [3.8, 4) is 6.07 Å². The fourth-order valence-corrected chi connectivity index (χ4v) is 3.96. The number of carbonyl (C=O) groups is 1. The van der Waals surface area contributed by atoms with Crippen LogP contribution in [0.3, 0.4) is 0 Å². The standard InChI is InChI=1S/C18H14ClFN4O/c19-15-3-1-11(7-10(15)9-21)23-18(25)24-12-2-4-16(24)13-5-6-22-17(20)14(13)8-12/h1,3,5-7,12,16H,2,4,8H2,(H,23,25)/t12-,16+/m1/s1. The summed E-state index contributed by atoms with van der Waals surface area (Å²) >= 11 is 5.92. The van der Waals surface area contributed by atoms with E-state index in [1.807, 2.05) is 6.07 Å². The van der Waals surface area contributed by atoms with Crippen LogP contribution in [-0.4, -0.2) is 22.0 Å². The molecular formula is C18H14ClFN4O. The van der Waals surface area contributed by atoms with Crippen molar-refractivity contribution in [2.45, 2.75) is 31.3 Å². The molecule has 3 heterocycles. The van der Waals surface area contributed by atoms with Crippen molar-refractivity contribution in [1.29, 1.82) is 5.26 Å². The van der Waals surface area contributed by atoms with E-state index in [2.05, 4.69) is 10.3 Å². The van der Waals surface area contributed by atoms with Crippen molar-refractivity contribution >= 4 is 23.3 Å². The molecule has 4 rings (SSSR count). The summed E-state index contributed by atoms with van der Waals surface area (Å²) in [5, 5.41) is 12.2. The third-order valence-corrected chi connectivity index (χ3v) is 5.24. The number of amides is 2. The van der Waals surface area contributed by atoms with Gasteiger partial charge in [-0.15, -0.1) is 0 Å². The minimum atomic E-state index is -0.439. The molecule has 1 fully saturated rings. The number of fused-ring (bicyclic) bond motifs is 4. The Bertz CT molecular complexity index is 910. The SMILES string of the molecule is N#Cc1cc(NC(=O)N2[C@@H]3CC[C@H]2c2ccnc(F)c2C3)ccc1Cl. The molecule has 2 amide bonds. The highest BCUT2D eigenvalue weighted by Crippen LogP contribution is 2.44. The van der Waals surface area contributed by atoms with Gasteiger partial charge in [0.25, 0.3) is 0 Å². The number of rotatable bonds is 1. The maximum Gasteiger partial charge on any atom is 0.322 e. The van der Waals surface area contributed by atoms with Gasteiger partial charge in [0.1, 0.15) is 6.07 Å². The van der Waals surface area contributed by atoms with Crippen molar-refractivity contribution in [3.05, 3.63) is 58.1 Å². The van der Waals surface area contributed by atoms with E-state index in [9.17, 15) is 9.18 Å². The summed E-state index contributed by atoms with van der Waals surface area (Å²) < 4.78 is 14.0. The van der Waals surface area contributed by atoms with Crippen LogP contribution in [-0.2, 0) is 6.42 Å². The molecule has 0 spiro atoms. The van der Waals surface area contributed by atoms with Gasteiger partial charge in [0.15, 0.2) is 0 Å². The predicted molar refractivity (Wildman–Crippen MR) is 90.7 cm³/mol. The molecule has 2 atom stereocenters. The molecule has 0 radical (unpaired) electrons. The lowest BCUT2D eigenvalue weighted by Gasteiger charge is -2.36. The van der Waals surface area contributed by atoms with Gasteiger partial charge in [0.05, 0.1) is 16.6 Å². The zero-order valence-electron chi connectivity index (χ0n) is 13.2. The molecule has 0 saturated carbocycles. The van der Waals surface area contributed by atoms with E-state index in [4.69, 9.17) is 16.9 Å². The number of benzene rings is 1. The second-order valence-electron chi connectivity index (χ2n) is 6.26.